The number of sulfonamides is 1. The first-order valence-corrected chi connectivity index (χ1v) is 6.59. The summed E-state index contributed by atoms with van der Waals surface area (Å²) in [6.07, 6.45) is 1.89. The fraction of sp³-hybridized carbons (Fsp3) is 0.0909. The molecule has 2 aromatic rings. The number of H-pyrrole nitrogens is 1. The van der Waals surface area contributed by atoms with E-state index in [4.69, 9.17) is 0 Å². The number of aryl methyl sites for hydroxylation is 1. The Morgan fingerprint density at radius 1 is 1.39 bits per heavy atom. The quantitative estimate of drug-likeness (QED) is 0.816. The van der Waals surface area contributed by atoms with Gasteiger partial charge < -0.3 is 4.98 Å². The molecule has 2 N–H and O–H groups in total. The Morgan fingerprint density at radius 3 is 2.78 bits per heavy atom. The lowest BCUT2D eigenvalue weighted by molar-refractivity contribution is 0.112. The van der Waals surface area contributed by atoms with Crippen LogP contribution in [-0.4, -0.2) is 24.7 Å². The van der Waals surface area contributed by atoms with Crippen molar-refractivity contribution in [1.82, 2.24) is 9.97 Å². The molecule has 1 aromatic heterocycles. The van der Waals surface area contributed by atoms with Crippen LogP contribution in [0.2, 0.25) is 0 Å². The molecule has 0 fully saturated rings. The van der Waals surface area contributed by atoms with Gasteiger partial charge in [-0.05, 0) is 19.1 Å². The Balaban J connectivity index is 2.30. The maximum absolute atomic E-state index is 11.9. The third-order valence-corrected chi connectivity index (χ3v) is 3.53. The van der Waals surface area contributed by atoms with E-state index in [0.29, 0.717) is 23.4 Å². The summed E-state index contributed by atoms with van der Waals surface area (Å²) in [6, 6.07) is 6.20. The summed E-state index contributed by atoms with van der Waals surface area (Å²) in [6.45, 7) is 1.66. The monoisotopic (exact) mass is 265 g/mol. The number of imidazole rings is 1. The first kappa shape index (κ1) is 12.3. The van der Waals surface area contributed by atoms with Gasteiger partial charge in [0.05, 0.1) is 6.20 Å². The lowest BCUT2D eigenvalue weighted by Gasteiger charge is -2.06. The number of aromatic amines is 1. The maximum Gasteiger partial charge on any atom is 0.278 e. The molecule has 0 aliphatic carbocycles. The number of hydrogen-bond acceptors (Lipinski definition) is 4. The number of anilines is 1. The van der Waals surface area contributed by atoms with Crippen molar-refractivity contribution < 1.29 is 13.2 Å². The molecule has 0 aliphatic rings. The van der Waals surface area contributed by atoms with Crippen molar-refractivity contribution in [2.75, 3.05) is 4.72 Å². The predicted molar refractivity (Wildman–Crippen MR) is 66.0 cm³/mol. The molecule has 0 bridgehead atoms. The summed E-state index contributed by atoms with van der Waals surface area (Å²) in [5.41, 5.74) is 0.725. The number of hydrogen-bond donors (Lipinski definition) is 2. The van der Waals surface area contributed by atoms with Crippen molar-refractivity contribution in [2.45, 2.75) is 11.9 Å². The Labute approximate surface area is 104 Å². The minimum Gasteiger partial charge on any atom is -0.332 e. The molecular weight excluding hydrogens is 254 g/mol. The van der Waals surface area contributed by atoms with E-state index in [9.17, 15) is 13.2 Å². The molecule has 2 rings (SSSR count). The van der Waals surface area contributed by atoms with Crippen molar-refractivity contribution >= 4 is 22.0 Å². The minimum atomic E-state index is -3.70. The zero-order valence-electron chi connectivity index (χ0n) is 9.54. The van der Waals surface area contributed by atoms with E-state index in [-0.39, 0.29) is 5.03 Å². The SMILES string of the molecule is Cc1ncc(S(=O)(=O)Nc2cccc(C=O)c2)[nH]1. The van der Waals surface area contributed by atoms with Crippen molar-refractivity contribution in [3.05, 3.63) is 41.9 Å². The number of benzene rings is 1. The molecule has 0 radical (unpaired) electrons. The Bertz CT molecular complexity index is 676. The van der Waals surface area contributed by atoms with Crippen LogP contribution >= 0.6 is 0 Å². The van der Waals surface area contributed by atoms with Gasteiger partial charge in [-0.1, -0.05) is 12.1 Å². The summed E-state index contributed by atoms with van der Waals surface area (Å²) in [7, 11) is -3.70. The molecule has 0 atom stereocenters. The van der Waals surface area contributed by atoms with Crippen molar-refractivity contribution in [3.8, 4) is 0 Å². The molecule has 94 valence electrons. The molecule has 18 heavy (non-hydrogen) atoms. The highest BCUT2D eigenvalue weighted by molar-refractivity contribution is 7.92. The van der Waals surface area contributed by atoms with E-state index < -0.39 is 10.0 Å². The van der Waals surface area contributed by atoms with Crippen LogP contribution in [0.5, 0.6) is 0 Å². The van der Waals surface area contributed by atoms with Crippen LogP contribution in [0.1, 0.15) is 16.2 Å². The molecule has 0 saturated carbocycles. The molecule has 0 saturated heterocycles. The van der Waals surface area contributed by atoms with E-state index >= 15 is 0 Å². The van der Waals surface area contributed by atoms with Gasteiger partial charge in [-0.25, -0.2) is 4.98 Å². The largest absolute Gasteiger partial charge is 0.332 e. The number of nitrogens with one attached hydrogen (secondary N) is 2. The second kappa shape index (κ2) is 4.61. The lowest BCUT2D eigenvalue weighted by Crippen LogP contribution is -2.13. The number of aromatic nitrogens is 2. The lowest BCUT2D eigenvalue weighted by atomic mass is 10.2. The number of nitrogens with zero attached hydrogens (tertiary/aromatic N) is 1. The maximum atomic E-state index is 11.9. The van der Waals surface area contributed by atoms with E-state index in [1.165, 1.54) is 12.3 Å². The minimum absolute atomic E-state index is 0.0171. The van der Waals surface area contributed by atoms with Gasteiger partial charge in [0.25, 0.3) is 10.0 Å². The molecule has 0 spiro atoms. The van der Waals surface area contributed by atoms with Crippen molar-refractivity contribution in [3.63, 3.8) is 0 Å². The summed E-state index contributed by atoms with van der Waals surface area (Å²) in [5.74, 6) is 0.511. The van der Waals surface area contributed by atoms with E-state index in [0.717, 1.165) is 0 Å². The predicted octanol–water partition coefficient (Wildman–Crippen LogP) is 1.33. The first-order valence-electron chi connectivity index (χ1n) is 5.11. The Morgan fingerprint density at radius 2 is 2.17 bits per heavy atom. The number of carbonyl (C=O) groups excluding carboxylic acids is 1. The molecule has 0 unspecified atom stereocenters. The van der Waals surface area contributed by atoms with Gasteiger partial charge in [-0.3, -0.25) is 9.52 Å². The van der Waals surface area contributed by atoms with Gasteiger partial charge in [0.2, 0.25) is 0 Å². The Kier molecular flexibility index (Phi) is 3.15. The second-order valence-electron chi connectivity index (χ2n) is 3.68. The van der Waals surface area contributed by atoms with Gasteiger partial charge in [-0.2, -0.15) is 8.42 Å². The normalized spacial score (nSPS) is 11.2. The highest BCUT2D eigenvalue weighted by atomic mass is 32.2. The van der Waals surface area contributed by atoms with Crippen LogP contribution in [-0.2, 0) is 10.0 Å². The smallest absolute Gasteiger partial charge is 0.278 e. The van der Waals surface area contributed by atoms with Crippen molar-refractivity contribution in [2.24, 2.45) is 0 Å². The molecule has 6 nitrogen and oxygen atoms in total. The van der Waals surface area contributed by atoms with Gasteiger partial charge in [0.1, 0.15) is 12.1 Å². The van der Waals surface area contributed by atoms with Crippen LogP contribution in [0, 0.1) is 6.92 Å². The molecule has 0 amide bonds. The molecule has 0 aliphatic heterocycles. The van der Waals surface area contributed by atoms with E-state index in [1.807, 2.05) is 0 Å². The highest BCUT2D eigenvalue weighted by Gasteiger charge is 2.16. The van der Waals surface area contributed by atoms with Crippen molar-refractivity contribution in [1.29, 1.82) is 0 Å². The Hall–Kier alpha value is -2.15. The zero-order chi connectivity index (χ0) is 13.2. The van der Waals surface area contributed by atoms with Gasteiger partial charge >= 0.3 is 0 Å². The summed E-state index contributed by atoms with van der Waals surface area (Å²) >= 11 is 0. The van der Waals surface area contributed by atoms with Crippen LogP contribution in [0.15, 0.2) is 35.5 Å². The summed E-state index contributed by atoms with van der Waals surface area (Å²) in [5, 5.41) is -0.0171. The summed E-state index contributed by atoms with van der Waals surface area (Å²) in [4.78, 5) is 17.1. The molecule has 1 aromatic carbocycles. The highest BCUT2D eigenvalue weighted by Crippen LogP contribution is 2.15. The molecular formula is C11H11N3O3S. The molecule has 7 heteroatoms. The average Bonchev–Trinajstić information content (AvgIpc) is 2.76. The van der Waals surface area contributed by atoms with Gasteiger partial charge in [0, 0.05) is 11.3 Å². The third kappa shape index (κ3) is 2.57. The van der Waals surface area contributed by atoms with Gasteiger partial charge in [-0.15, -0.1) is 0 Å². The van der Waals surface area contributed by atoms with E-state index in [2.05, 4.69) is 14.7 Å². The topological polar surface area (TPSA) is 91.9 Å². The van der Waals surface area contributed by atoms with Gasteiger partial charge in [0.15, 0.2) is 5.03 Å². The number of aldehydes is 1. The van der Waals surface area contributed by atoms with Crippen LogP contribution in [0.3, 0.4) is 0 Å². The van der Waals surface area contributed by atoms with Crippen LogP contribution in [0.25, 0.3) is 0 Å². The van der Waals surface area contributed by atoms with Crippen LogP contribution < -0.4 is 4.72 Å². The fourth-order valence-electron chi connectivity index (χ4n) is 1.42. The second-order valence-corrected chi connectivity index (χ2v) is 5.33. The number of carbonyl (C=O) groups is 1. The fourth-order valence-corrected chi connectivity index (χ4v) is 2.44. The van der Waals surface area contributed by atoms with E-state index in [1.54, 1.807) is 25.1 Å². The molecule has 1 heterocycles. The summed E-state index contributed by atoms with van der Waals surface area (Å²) < 4.78 is 26.3. The average molecular weight is 265 g/mol. The first-order chi connectivity index (χ1) is 8.51. The number of rotatable bonds is 4. The van der Waals surface area contributed by atoms with Crippen LogP contribution in [0.4, 0.5) is 5.69 Å². The standard InChI is InChI=1S/C11H11N3O3S/c1-8-12-6-11(13-8)18(16,17)14-10-4-2-3-9(5-10)7-15/h2-7,14H,1H3,(H,12,13). The third-order valence-electron chi connectivity index (χ3n) is 2.24. The zero-order valence-corrected chi connectivity index (χ0v) is 10.4.